The molecule has 3 aliphatic rings. The zero-order chi connectivity index (χ0) is 25.2. The van der Waals surface area contributed by atoms with E-state index in [2.05, 4.69) is 25.3 Å². The van der Waals surface area contributed by atoms with Crippen molar-refractivity contribution < 1.29 is 21.9 Å². The largest absolute Gasteiger partial charge is 0.378 e. The SMILES string of the molecule is Cn1nc(-c2nnc(C(F)F)s2)c2cc(S(=O)(=O)NC3(C#N)CC3)cc(C3=CC4COCC(C3)N4)c21. The molecule has 2 aliphatic heterocycles. The second-order valence-electron chi connectivity index (χ2n) is 9.29. The molecule has 1 saturated carbocycles. The number of halogens is 2. The molecule has 0 amide bonds. The van der Waals surface area contributed by atoms with Gasteiger partial charge < -0.3 is 10.1 Å². The van der Waals surface area contributed by atoms with Gasteiger partial charge in [0.15, 0.2) is 10.0 Å². The van der Waals surface area contributed by atoms with Crippen LogP contribution in [0.1, 0.15) is 36.3 Å². The molecule has 14 heteroatoms. The third-order valence-corrected chi connectivity index (χ3v) is 9.08. The van der Waals surface area contributed by atoms with Gasteiger partial charge >= 0.3 is 0 Å². The van der Waals surface area contributed by atoms with Crippen molar-refractivity contribution in [2.45, 2.75) is 48.2 Å². The van der Waals surface area contributed by atoms with Gasteiger partial charge in [-0.2, -0.15) is 15.1 Å². The highest BCUT2D eigenvalue weighted by molar-refractivity contribution is 7.89. The van der Waals surface area contributed by atoms with Crippen molar-refractivity contribution in [3.8, 4) is 16.8 Å². The van der Waals surface area contributed by atoms with E-state index in [1.165, 1.54) is 6.07 Å². The average molecular weight is 534 g/mol. The van der Waals surface area contributed by atoms with Gasteiger partial charge in [0.25, 0.3) is 6.43 Å². The fraction of sp³-hybridized carbons (Fsp3) is 0.455. The normalized spacial score (nSPS) is 23.0. The molecule has 2 unspecified atom stereocenters. The van der Waals surface area contributed by atoms with Gasteiger partial charge in [-0.1, -0.05) is 17.4 Å². The van der Waals surface area contributed by atoms with Crippen LogP contribution in [-0.2, 0) is 21.8 Å². The molecule has 188 valence electrons. The van der Waals surface area contributed by atoms with Gasteiger partial charge in [-0.25, -0.2) is 17.2 Å². The number of hydrogen-bond acceptors (Lipinski definition) is 9. The van der Waals surface area contributed by atoms with Gasteiger partial charge in [0.2, 0.25) is 10.0 Å². The average Bonchev–Trinajstić information content (AvgIpc) is 3.27. The molecule has 10 nitrogen and oxygen atoms in total. The second kappa shape index (κ2) is 8.35. The van der Waals surface area contributed by atoms with E-state index < -0.39 is 27.0 Å². The van der Waals surface area contributed by atoms with E-state index in [0.29, 0.717) is 60.3 Å². The van der Waals surface area contributed by atoms with Crippen LogP contribution in [0.2, 0.25) is 0 Å². The smallest absolute Gasteiger partial charge is 0.291 e. The Morgan fingerprint density at radius 3 is 2.81 bits per heavy atom. The monoisotopic (exact) mass is 533 g/mol. The first kappa shape index (κ1) is 23.6. The first-order chi connectivity index (χ1) is 17.2. The van der Waals surface area contributed by atoms with Crippen LogP contribution in [0.25, 0.3) is 27.2 Å². The topological polar surface area (TPSA) is 135 Å². The number of nitrogens with zero attached hydrogens (tertiary/aromatic N) is 5. The number of nitrogens with one attached hydrogen (secondary N) is 2. The third kappa shape index (κ3) is 4.00. The van der Waals surface area contributed by atoms with Crippen molar-refractivity contribution >= 4 is 37.8 Å². The van der Waals surface area contributed by atoms with E-state index in [0.717, 1.165) is 5.57 Å². The summed E-state index contributed by atoms with van der Waals surface area (Å²) in [6, 6.07) is 5.17. The molecule has 1 aliphatic carbocycles. The summed E-state index contributed by atoms with van der Waals surface area (Å²) in [6.45, 7) is 1.05. The van der Waals surface area contributed by atoms with Crippen LogP contribution in [0, 0.1) is 11.3 Å². The zero-order valence-corrected chi connectivity index (χ0v) is 20.7. The van der Waals surface area contributed by atoms with Gasteiger partial charge in [-0.05, 0) is 37.0 Å². The molecule has 3 aromatic rings. The van der Waals surface area contributed by atoms with Crippen LogP contribution in [0.4, 0.5) is 8.78 Å². The van der Waals surface area contributed by atoms with Crippen molar-refractivity contribution in [1.82, 2.24) is 30.0 Å². The second-order valence-corrected chi connectivity index (χ2v) is 12.0. The summed E-state index contributed by atoms with van der Waals surface area (Å²) < 4.78 is 63.0. The summed E-state index contributed by atoms with van der Waals surface area (Å²) in [5.74, 6) is 0. The molecule has 36 heavy (non-hydrogen) atoms. The molecule has 2 N–H and O–H groups in total. The highest BCUT2D eigenvalue weighted by Gasteiger charge is 2.47. The van der Waals surface area contributed by atoms with Crippen LogP contribution in [-0.4, -0.2) is 59.2 Å². The van der Waals surface area contributed by atoms with E-state index in [9.17, 15) is 22.5 Å². The Morgan fingerprint density at radius 1 is 1.33 bits per heavy atom. The van der Waals surface area contributed by atoms with Gasteiger partial charge in [-0.15, -0.1) is 10.2 Å². The van der Waals surface area contributed by atoms with Crippen LogP contribution >= 0.6 is 11.3 Å². The van der Waals surface area contributed by atoms with E-state index >= 15 is 0 Å². The van der Waals surface area contributed by atoms with Crippen molar-refractivity contribution in [1.29, 1.82) is 5.26 Å². The summed E-state index contributed by atoms with van der Waals surface area (Å²) in [5.41, 5.74) is 1.45. The highest BCUT2D eigenvalue weighted by Crippen LogP contribution is 2.40. The molecule has 2 fully saturated rings. The zero-order valence-electron chi connectivity index (χ0n) is 19.0. The van der Waals surface area contributed by atoms with E-state index in [1.807, 2.05) is 12.1 Å². The number of nitriles is 1. The Morgan fingerprint density at radius 2 is 2.14 bits per heavy atom. The lowest BCUT2D eigenvalue weighted by molar-refractivity contribution is 0.0561. The summed E-state index contributed by atoms with van der Waals surface area (Å²) in [5, 5.41) is 25.1. The first-order valence-electron chi connectivity index (χ1n) is 11.3. The molecule has 2 bridgehead atoms. The van der Waals surface area contributed by atoms with E-state index in [-0.39, 0.29) is 27.7 Å². The van der Waals surface area contributed by atoms with Crippen molar-refractivity contribution in [3.63, 3.8) is 0 Å². The maximum atomic E-state index is 13.4. The number of rotatable bonds is 6. The first-order valence-corrected chi connectivity index (χ1v) is 13.6. The van der Waals surface area contributed by atoms with Crippen LogP contribution < -0.4 is 10.0 Å². The minimum Gasteiger partial charge on any atom is -0.378 e. The lowest BCUT2D eigenvalue weighted by Crippen LogP contribution is -2.50. The standard InChI is InChI=1S/C22H21F2N7O3S2/c1-31-18-15(11-4-12-8-34-9-13(5-11)26-12)6-14(36(32,33)30-22(10-25)2-3-22)7-16(18)17(29-31)20-27-28-21(35-20)19(23)24/h4,6-7,12-13,19,26,30H,2-3,5,8-9H2,1H3. The van der Waals surface area contributed by atoms with Crippen LogP contribution in [0.5, 0.6) is 0 Å². The molecule has 2 atom stereocenters. The Hall–Kier alpha value is -2.83. The molecule has 2 aromatic heterocycles. The maximum absolute atomic E-state index is 13.4. The van der Waals surface area contributed by atoms with Crippen molar-refractivity contribution in [2.75, 3.05) is 13.2 Å². The lowest BCUT2D eigenvalue weighted by atomic mass is 9.90. The molecular weight excluding hydrogens is 512 g/mol. The van der Waals surface area contributed by atoms with Crippen molar-refractivity contribution in [2.24, 2.45) is 7.05 Å². The molecule has 0 radical (unpaired) electrons. The summed E-state index contributed by atoms with van der Waals surface area (Å²) in [4.78, 5) is -0.0276. The van der Waals surface area contributed by atoms with Gasteiger partial charge in [0.05, 0.1) is 29.7 Å². The van der Waals surface area contributed by atoms with Crippen molar-refractivity contribution in [3.05, 3.63) is 28.8 Å². The molecule has 1 aromatic carbocycles. The fourth-order valence-corrected chi connectivity index (χ4v) is 6.90. The quantitative estimate of drug-likeness (QED) is 0.494. The Labute approximate surface area is 209 Å². The predicted octanol–water partition coefficient (Wildman–Crippen LogP) is 2.51. The molecule has 0 spiro atoms. The maximum Gasteiger partial charge on any atom is 0.291 e. The summed E-state index contributed by atoms with van der Waals surface area (Å²) in [6.07, 6.45) is 0.747. The van der Waals surface area contributed by atoms with Crippen LogP contribution in [0.3, 0.4) is 0 Å². The Balaban J connectivity index is 1.56. The summed E-state index contributed by atoms with van der Waals surface area (Å²) >= 11 is 0.717. The number of aryl methyl sites for hydroxylation is 1. The molecule has 6 rings (SSSR count). The number of benzene rings is 1. The third-order valence-electron chi connectivity index (χ3n) is 6.63. The van der Waals surface area contributed by atoms with Gasteiger partial charge in [-0.3, -0.25) is 4.68 Å². The van der Waals surface area contributed by atoms with E-state index in [1.54, 1.807) is 17.8 Å². The van der Waals surface area contributed by atoms with E-state index in [4.69, 9.17) is 4.74 Å². The number of hydrogen-bond donors (Lipinski definition) is 2. The van der Waals surface area contributed by atoms with Gasteiger partial charge in [0.1, 0.15) is 11.2 Å². The lowest BCUT2D eigenvalue weighted by Gasteiger charge is -2.35. The minimum absolute atomic E-state index is 0.0151. The predicted molar refractivity (Wildman–Crippen MR) is 127 cm³/mol. The fourth-order valence-electron chi connectivity index (χ4n) is 4.77. The number of sulfonamides is 1. The number of fused-ring (bicyclic) bond motifs is 3. The Kier molecular flexibility index (Phi) is 5.47. The molecule has 4 heterocycles. The number of morpholine rings is 1. The Bertz CT molecular complexity index is 1550. The van der Waals surface area contributed by atoms with Gasteiger partial charge in [0, 0.05) is 30.1 Å². The minimum atomic E-state index is -4.07. The molecule has 1 saturated heterocycles. The summed E-state index contributed by atoms with van der Waals surface area (Å²) in [7, 11) is -2.35. The molecular formula is C22H21F2N7O3S2. The highest BCUT2D eigenvalue weighted by atomic mass is 32.2. The van der Waals surface area contributed by atoms with Crippen LogP contribution in [0.15, 0.2) is 23.1 Å². The number of ether oxygens (including phenoxy) is 1. The number of alkyl halides is 2. The number of aromatic nitrogens is 4.